The molecule has 0 aromatic heterocycles. The lowest BCUT2D eigenvalue weighted by atomic mass is 10.2. The molecule has 0 aromatic rings. The SMILES string of the molecule is CCC(C)(N)ONN. The molecule has 0 heterocycles. The lowest BCUT2D eigenvalue weighted by Crippen LogP contribution is -2.45. The second kappa shape index (κ2) is 2.99. The molecule has 4 nitrogen and oxygen atoms in total. The largest absolute Gasteiger partial charge is 0.302 e. The van der Waals surface area contributed by atoms with Gasteiger partial charge in [-0.05, 0) is 13.3 Å². The van der Waals surface area contributed by atoms with Crippen molar-refractivity contribution in [3.63, 3.8) is 0 Å². The lowest BCUT2D eigenvalue weighted by Gasteiger charge is -2.20. The Morgan fingerprint density at radius 3 is 2.38 bits per heavy atom. The second-order valence-electron chi connectivity index (χ2n) is 1.89. The molecule has 0 aromatic carbocycles. The van der Waals surface area contributed by atoms with E-state index >= 15 is 0 Å². The van der Waals surface area contributed by atoms with E-state index in [0.29, 0.717) is 0 Å². The maximum absolute atomic E-state index is 5.46. The molecule has 0 aliphatic heterocycles. The van der Waals surface area contributed by atoms with Gasteiger partial charge in [0.1, 0.15) is 5.72 Å². The van der Waals surface area contributed by atoms with Gasteiger partial charge in [0.2, 0.25) is 0 Å². The summed E-state index contributed by atoms with van der Waals surface area (Å²) >= 11 is 0. The van der Waals surface area contributed by atoms with Gasteiger partial charge in [0.05, 0.1) is 0 Å². The first-order valence-electron chi connectivity index (χ1n) is 2.55. The molecule has 5 N–H and O–H groups in total. The van der Waals surface area contributed by atoms with Crippen LogP contribution in [0.25, 0.3) is 0 Å². The van der Waals surface area contributed by atoms with E-state index in [-0.39, 0.29) is 0 Å². The first-order valence-corrected chi connectivity index (χ1v) is 2.55. The monoisotopic (exact) mass is 119 g/mol. The third kappa shape index (κ3) is 2.92. The summed E-state index contributed by atoms with van der Waals surface area (Å²) in [6.45, 7) is 3.66. The average molecular weight is 119 g/mol. The van der Waals surface area contributed by atoms with E-state index in [1.165, 1.54) is 0 Å². The van der Waals surface area contributed by atoms with Crippen LogP contribution >= 0.6 is 0 Å². The fraction of sp³-hybridized carbons (Fsp3) is 1.00. The molecular weight excluding hydrogens is 106 g/mol. The minimum absolute atomic E-state index is 0.644. The van der Waals surface area contributed by atoms with Gasteiger partial charge in [-0.1, -0.05) is 6.92 Å². The van der Waals surface area contributed by atoms with E-state index < -0.39 is 5.72 Å². The highest BCUT2D eigenvalue weighted by Gasteiger charge is 2.14. The highest BCUT2D eigenvalue weighted by Crippen LogP contribution is 2.02. The van der Waals surface area contributed by atoms with Gasteiger partial charge in [0.15, 0.2) is 0 Å². The van der Waals surface area contributed by atoms with Crippen LogP contribution in [0.2, 0.25) is 0 Å². The van der Waals surface area contributed by atoms with Gasteiger partial charge in [-0.15, -0.1) is 5.59 Å². The molecule has 0 aliphatic carbocycles. The predicted octanol–water partition coefficient (Wildman–Crippen LogP) is -0.534. The van der Waals surface area contributed by atoms with Crippen LogP contribution in [0.15, 0.2) is 0 Å². The quantitative estimate of drug-likeness (QED) is 0.265. The summed E-state index contributed by atoms with van der Waals surface area (Å²) in [5, 5.41) is 0. The van der Waals surface area contributed by atoms with Gasteiger partial charge in [-0.2, -0.15) is 0 Å². The number of hydrazine groups is 1. The van der Waals surface area contributed by atoms with Crippen molar-refractivity contribution < 1.29 is 4.84 Å². The normalized spacial score (nSPS) is 18.0. The third-order valence-electron chi connectivity index (χ3n) is 0.994. The summed E-state index contributed by atoms with van der Waals surface area (Å²) in [5.74, 6) is 4.84. The van der Waals surface area contributed by atoms with Gasteiger partial charge in [0.25, 0.3) is 0 Å². The minimum atomic E-state index is -0.644. The molecule has 0 saturated heterocycles. The van der Waals surface area contributed by atoms with E-state index in [1.807, 2.05) is 12.5 Å². The van der Waals surface area contributed by atoms with Gasteiger partial charge in [-0.25, -0.2) is 5.84 Å². The summed E-state index contributed by atoms with van der Waals surface area (Å²) in [4.78, 5) is 4.68. The highest BCUT2D eigenvalue weighted by molar-refractivity contribution is 4.59. The summed E-state index contributed by atoms with van der Waals surface area (Å²) in [5.41, 5.74) is 6.85. The Hall–Kier alpha value is -0.160. The smallest absolute Gasteiger partial charge is 0.136 e. The molecule has 50 valence electrons. The van der Waals surface area contributed by atoms with Crippen LogP contribution in [-0.2, 0) is 4.84 Å². The Kier molecular flexibility index (Phi) is 2.93. The summed E-state index contributed by atoms with van der Waals surface area (Å²) < 4.78 is 0. The second-order valence-corrected chi connectivity index (χ2v) is 1.89. The zero-order valence-electron chi connectivity index (χ0n) is 5.27. The van der Waals surface area contributed by atoms with Crippen LogP contribution in [0.5, 0.6) is 0 Å². The molecular formula is C4H13N3O. The Balaban J connectivity index is 3.37. The van der Waals surface area contributed by atoms with Crippen molar-refractivity contribution in [3.8, 4) is 0 Å². The van der Waals surface area contributed by atoms with E-state index in [4.69, 9.17) is 11.6 Å². The number of hydrogen-bond donors (Lipinski definition) is 3. The van der Waals surface area contributed by atoms with Crippen molar-refractivity contribution in [3.05, 3.63) is 0 Å². The molecule has 8 heavy (non-hydrogen) atoms. The Labute approximate surface area is 49.1 Å². The topological polar surface area (TPSA) is 73.3 Å². The summed E-state index contributed by atoms with van der Waals surface area (Å²) in [7, 11) is 0. The number of hydrogen-bond acceptors (Lipinski definition) is 4. The Morgan fingerprint density at radius 2 is 2.25 bits per heavy atom. The van der Waals surface area contributed by atoms with Crippen LogP contribution in [-0.4, -0.2) is 5.72 Å². The molecule has 0 radical (unpaired) electrons. The minimum Gasteiger partial charge on any atom is -0.302 e. The first-order chi connectivity index (χ1) is 3.62. The van der Waals surface area contributed by atoms with Crippen LogP contribution in [0, 0.1) is 0 Å². The van der Waals surface area contributed by atoms with Gasteiger partial charge in [0, 0.05) is 0 Å². The van der Waals surface area contributed by atoms with Crippen molar-refractivity contribution in [1.82, 2.24) is 5.59 Å². The lowest BCUT2D eigenvalue weighted by molar-refractivity contribution is -0.0945. The van der Waals surface area contributed by atoms with E-state index in [1.54, 1.807) is 6.92 Å². The molecule has 0 spiro atoms. The fourth-order valence-electron chi connectivity index (χ4n) is 0.207. The van der Waals surface area contributed by atoms with Gasteiger partial charge >= 0.3 is 0 Å². The summed E-state index contributed by atoms with van der Waals surface area (Å²) in [6.07, 6.45) is 0.719. The van der Waals surface area contributed by atoms with Gasteiger partial charge in [-0.3, -0.25) is 4.84 Å². The maximum Gasteiger partial charge on any atom is 0.136 e. The molecule has 0 aliphatic rings. The fourth-order valence-corrected chi connectivity index (χ4v) is 0.207. The Morgan fingerprint density at radius 1 is 1.75 bits per heavy atom. The molecule has 0 saturated carbocycles. The number of rotatable bonds is 3. The molecule has 4 heteroatoms. The van der Waals surface area contributed by atoms with Crippen LogP contribution in [0.3, 0.4) is 0 Å². The van der Waals surface area contributed by atoms with Crippen LogP contribution in [0.1, 0.15) is 20.3 Å². The average Bonchev–Trinajstić information content (AvgIpc) is 1.67. The Bertz CT molecular complexity index is 64.3. The molecule has 0 amide bonds. The predicted molar refractivity (Wildman–Crippen MR) is 31.3 cm³/mol. The summed E-state index contributed by atoms with van der Waals surface area (Å²) in [6, 6.07) is 0. The molecule has 0 bridgehead atoms. The van der Waals surface area contributed by atoms with Gasteiger partial charge < -0.3 is 5.73 Å². The van der Waals surface area contributed by atoms with E-state index in [0.717, 1.165) is 6.42 Å². The highest BCUT2D eigenvalue weighted by atomic mass is 16.7. The molecule has 1 unspecified atom stereocenters. The van der Waals surface area contributed by atoms with Crippen LogP contribution in [0.4, 0.5) is 0 Å². The van der Waals surface area contributed by atoms with Crippen molar-refractivity contribution in [2.45, 2.75) is 26.0 Å². The standard InChI is InChI=1S/C4H13N3O/c1-3-4(2,5)8-7-6/h7H,3,5-6H2,1-2H3. The molecule has 0 fully saturated rings. The maximum atomic E-state index is 5.46. The number of nitrogens with one attached hydrogen (secondary N) is 1. The van der Waals surface area contributed by atoms with E-state index in [2.05, 4.69) is 4.84 Å². The zero-order chi connectivity index (χ0) is 6.62. The van der Waals surface area contributed by atoms with E-state index in [9.17, 15) is 0 Å². The molecule has 0 rings (SSSR count). The number of nitrogens with two attached hydrogens (primary N) is 2. The molecule has 1 atom stereocenters. The van der Waals surface area contributed by atoms with Crippen molar-refractivity contribution >= 4 is 0 Å². The van der Waals surface area contributed by atoms with Crippen molar-refractivity contribution in [2.75, 3.05) is 0 Å². The third-order valence-corrected chi connectivity index (χ3v) is 0.994. The van der Waals surface area contributed by atoms with Crippen LogP contribution < -0.4 is 17.2 Å². The zero-order valence-corrected chi connectivity index (χ0v) is 5.27. The van der Waals surface area contributed by atoms with Crippen molar-refractivity contribution in [2.24, 2.45) is 11.6 Å². The first kappa shape index (κ1) is 7.84. The van der Waals surface area contributed by atoms with Crippen molar-refractivity contribution in [1.29, 1.82) is 0 Å².